The molecule has 0 aliphatic rings. The second kappa shape index (κ2) is 5.51. The Hall–Kier alpha value is -2.35. The first-order valence-corrected chi connectivity index (χ1v) is 4.56. The van der Waals surface area contributed by atoms with Crippen LogP contribution in [0.5, 0.6) is 0 Å². The summed E-state index contributed by atoms with van der Waals surface area (Å²) in [5, 5.41) is 11.2. The van der Waals surface area contributed by atoms with Gasteiger partial charge in [0.1, 0.15) is 5.82 Å². The topological polar surface area (TPSA) is 79.3 Å². The van der Waals surface area contributed by atoms with Crippen LogP contribution in [0.25, 0.3) is 0 Å². The number of pyridine rings is 1. The standard InChI is InChI=1S/C11H10N2O3/c1-2-3-4-10(14)13-9-7-8(11(15)16)5-6-12-9/h1,5-7H,3-4H2,(H,15,16)(H,12,13,14). The van der Waals surface area contributed by atoms with E-state index in [1.54, 1.807) is 0 Å². The van der Waals surface area contributed by atoms with E-state index in [1.165, 1.54) is 18.3 Å². The molecule has 0 saturated heterocycles. The molecule has 0 aromatic carbocycles. The summed E-state index contributed by atoms with van der Waals surface area (Å²) in [6.45, 7) is 0. The first-order valence-electron chi connectivity index (χ1n) is 4.56. The monoisotopic (exact) mass is 218 g/mol. The predicted molar refractivity (Wildman–Crippen MR) is 57.9 cm³/mol. The van der Waals surface area contributed by atoms with Crippen LogP contribution in [0.3, 0.4) is 0 Å². The summed E-state index contributed by atoms with van der Waals surface area (Å²) in [5.74, 6) is 1.20. The number of anilines is 1. The lowest BCUT2D eigenvalue weighted by Gasteiger charge is -2.03. The van der Waals surface area contributed by atoms with Gasteiger partial charge in [-0.25, -0.2) is 9.78 Å². The van der Waals surface area contributed by atoms with Crippen molar-refractivity contribution in [1.29, 1.82) is 0 Å². The molecule has 16 heavy (non-hydrogen) atoms. The van der Waals surface area contributed by atoms with Crippen LogP contribution in [0.1, 0.15) is 23.2 Å². The molecule has 1 aromatic rings. The fourth-order valence-corrected chi connectivity index (χ4v) is 1.02. The molecular weight excluding hydrogens is 208 g/mol. The molecule has 1 amide bonds. The number of carboxylic acids is 1. The van der Waals surface area contributed by atoms with E-state index in [9.17, 15) is 9.59 Å². The average molecular weight is 218 g/mol. The van der Waals surface area contributed by atoms with Gasteiger partial charge in [0, 0.05) is 19.0 Å². The van der Waals surface area contributed by atoms with Crippen molar-refractivity contribution in [3.63, 3.8) is 0 Å². The molecule has 1 rings (SSSR count). The molecule has 1 heterocycles. The van der Waals surface area contributed by atoms with E-state index >= 15 is 0 Å². The molecule has 0 aliphatic heterocycles. The number of nitrogens with one attached hydrogen (secondary N) is 1. The number of rotatable bonds is 4. The highest BCUT2D eigenvalue weighted by atomic mass is 16.4. The van der Waals surface area contributed by atoms with Crippen LogP contribution in [0.2, 0.25) is 0 Å². The Morgan fingerprint density at radius 1 is 1.56 bits per heavy atom. The number of hydrogen-bond acceptors (Lipinski definition) is 3. The first kappa shape index (κ1) is 11.7. The normalized spacial score (nSPS) is 9.19. The number of carbonyl (C=O) groups excluding carboxylic acids is 1. The van der Waals surface area contributed by atoms with Crippen molar-refractivity contribution in [2.24, 2.45) is 0 Å². The number of aromatic carboxylic acids is 1. The average Bonchev–Trinajstić information content (AvgIpc) is 2.26. The van der Waals surface area contributed by atoms with Gasteiger partial charge in [0.05, 0.1) is 5.56 Å². The third kappa shape index (κ3) is 3.42. The molecule has 0 spiro atoms. The number of aromatic nitrogens is 1. The van der Waals surface area contributed by atoms with Gasteiger partial charge in [-0.3, -0.25) is 4.79 Å². The second-order valence-corrected chi connectivity index (χ2v) is 2.99. The van der Waals surface area contributed by atoms with Crippen LogP contribution in [0.15, 0.2) is 18.3 Å². The zero-order valence-electron chi connectivity index (χ0n) is 8.43. The highest BCUT2D eigenvalue weighted by Gasteiger charge is 2.06. The van der Waals surface area contributed by atoms with Gasteiger partial charge in [0.2, 0.25) is 5.91 Å². The third-order valence-corrected chi connectivity index (χ3v) is 1.77. The van der Waals surface area contributed by atoms with Crippen molar-refractivity contribution in [2.75, 3.05) is 5.32 Å². The van der Waals surface area contributed by atoms with Crippen molar-refractivity contribution in [2.45, 2.75) is 12.8 Å². The van der Waals surface area contributed by atoms with Crippen molar-refractivity contribution in [3.8, 4) is 12.3 Å². The summed E-state index contributed by atoms with van der Waals surface area (Å²) in [4.78, 5) is 25.7. The maximum atomic E-state index is 11.3. The highest BCUT2D eigenvalue weighted by molar-refractivity contribution is 5.92. The Kier molecular flexibility index (Phi) is 4.04. The van der Waals surface area contributed by atoms with Gasteiger partial charge in [0.25, 0.3) is 0 Å². The van der Waals surface area contributed by atoms with Crippen molar-refractivity contribution >= 4 is 17.7 Å². The Labute approximate surface area is 92.5 Å². The van der Waals surface area contributed by atoms with E-state index in [1.807, 2.05) is 0 Å². The first-order chi connectivity index (χ1) is 7.63. The lowest BCUT2D eigenvalue weighted by Crippen LogP contribution is -2.12. The van der Waals surface area contributed by atoms with E-state index < -0.39 is 5.97 Å². The van der Waals surface area contributed by atoms with E-state index in [2.05, 4.69) is 16.2 Å². The van der Waals surface area contributed by atoms with Gasteiger partial charge in [-0.15, -0.1) is 12.3 Å². The number of amides is 1. The van der Waals surface area contributed by atoms with Gasteiger partial charge in [0.15, 0.2) is 0 Å². The summed E-state index contributed by atoms with van der Waals surface area (Å²) < 4.78 is 0. The van der Waals surface area contributed by atoms with Crippen LogP contribution in [-0.4, -0.2) is 22.0 Å². The van der Waals surface area contributed by atoms with Crippen molar-refractivity contribution in [3.05, 3.63) is 23.9 Å². The van der Waals surface area contributed by atoms with Crippen molar-refractivity contribution < 1.29 is 14.7 Å². The quantitative estimate of drug-likeness (QED) is 0.742. The van der Waals surface area contributed by atoms with Gasteiger partial charge in [-0.05, 0) is 12.1 Å². The molecular formula is C11H10N2O3. The van der Waals surface area contributed by atoms with Crippen LogP contribution >= 0.6 is 0 Å². The Balaban J connectivity index is 2.67. The Bertz CT molecular complexity index is 449. The minimum Gasteiger partial charge on any atom is -0.478 e. The zero-order chi connectivity index (χ0) is 12.0. The lowest BCUT2D eigenvalue weighted by molar-refractivity contribution is -0.116. The molecule has 2 N–H and O–H groups in total. The summed E-state index contributed by atoms with van der Waals surface area (Å²) in [5.41, 5.74) is 0.0715. The molecule has 0 atom stereocenters. The molecule has 5 nitrogen and oxygen atoms in total. The van der Waals surface area contributed by atoms with Gasteiger partial charge < -0.3 is 10.4 Å². The summed E-state index contributed by atoms with van der Waals surface area (Å²) in [7, 11) is 0. The van der Waals surface area contributed by atoms with Gasteiger partial charge >= 0.3 is 5.97 Å². The predicted octanol–water partition coefficient (Wildman–Crippen LogP) is 1.13. The fourth-order valence-electron chi connectivity index (χ4n) is 1.02. The molecule has 0 bridgehead atoms. The van der Waals surface area contributed by atoms with Crippen LogP contribution in [-0.2, 0) is 4.79 Å². The molecule has 1 aromatic heterocycles. The Morgan fingerprint density at radius 2 is 2.31 bits per heavy atom. The lowest BCUT2D eigenvalue weighted by atomic mass is 10.2. The molecule has 0 saturated carbocycles. The number of terminal acetylenes is 1. The van der Waals surface area contributed by atoms with Crippen LogP contribution < -0.4 is 5.32 Å². The number of carbonyl (C=O) groups is 2. The molecule has 0 radical (unpaired) electrons. The largest absolute Gasteiger partial charge is 0.478 e. The second-order valence-electron chi connectivity index (χ2n) is 2.99. The summed E-state index contributed by atoms with van der Waals surface area (Å²) in [6, 6.07) is 2.63. The maximum absolute atomic E-state index is 11.3. The van der Waals surface area contributed by atoms with Gasteiger partial charge in [-0.1, -0.05) is 0 Å². The summed E-state index contributed by atoms with van der Waals surface area (Å²) >= 11 is 0. The highest BCUT2D eigenvalue weighted by Crippen LogP contribution is 2.07. The molecule has 5 heteroatoms. The molecule has 0 unspecified atom stereocenters. The van der Waals surface area contributed by atoms with Crippen LogP contribution in [0.4, 0.5) is 5.82 Å². The van der Waals surface area contributed by atoms with E-state index in [4.69, 9.17) is 11.5 Å². The third-order valence-electron chi connectivity index (χ3n) is 1.77. The Morgan fingerprint density at radius 3 is 2.94 bits per heavy atom. The zero-order valence-corrected chi connectivity index (χ0v) is 8.43. The SMILES string of the molecule is C#CCCC(=O)Nc1cc(C(=O)O)ccn1. The fraction of sp³-hybridized carbons (Fsp3) is 0.182. The number of hydrogen-bond donors (Lipinski definition) is 2. The maximum Gasteiger partial charge on any atom is 0.335 e. The number of nitrogens with zero attached hydrogens (tertiary/aromatic N) is 1. The van der Waals surface area contributed by atoms with Crippen molar-refractivity contribution in [1.82, 2.24) is 4.98 Å². The minimum absolute atomic E-state index is 0.0715. The molecule has 0 fully saturated rings. The van der Waals surface area contributed by atoms with E-state index in [0.717, 1.165) is 0 Å². The van der Waals surface area contributed by atoms with E-state index in [0.29, 0.717) is 6.42 Å². The minimum atomic E-state index is -1.07. The van der Waals surface area contributed by atoms with E-state index in [-0.39, 0.29) is 23.7 Å². The summed E-state index contributed by atoms with van der Waals surface area (Å²) in [6.07, 6.45) is 6.86. The molecule has 0 aliphatic carbocycles. The number of carboxylic acid groups (broad SMARTS) is 1. The van der Waals surface area contributed by atoms with Crippen LogP contribution in [0, 0.1) is 12.3 Å². The molecule has 82 valence electrons. The smallest absolute Gasteiger partial charge is 0.335 e. The van der Waals surface area contributed by atoms with Gasteiger partial charge in [-0.2, -0.15) is 0 Å².